The zero-order valence-electron chi connectivity index (χ0n) is 11.1. The SMILES string of the molecule is O=C(Nc1ccc(-c2nccs2)cc1)C1CCNCC1. The molecule has 5 heteroatoms. The van der Waals surface area contributed by atoms with Crippen molar-refractivity contribution < 1.29 is 4.79 Å². The van der Waals surface area contributed by atoms with Crippen LogP contribution in [0.3, 0.4) is 0 Å². The van der Waals surface area contributed by atoms with Crippen LogP contribution in [-0.4, -0.2) is 24.0 Å². The molecular formula is C15H17N3OS. The van der Waals surface area contributed by atoms with E-state index in [2.05, 4.69) is 15.6 Å². The summed E-state index contributed by atoms with van der Waals surface area (Å²) in [7, 11) is 0. The first-order valence-electron chi connectivity index (χ1n) is 6.84. The van der Waals surface area contributed by atoms with Crippen LogP contribution in [0.25, 0.3) is 10.6 Å². The van der Waals surface area contributed by atoms with Gasteiger partial charge in [-0.2, -0.15) is 0 Å². The van der Waals surface area contributed by atoms with Crippen LogP contribution in [0, 0.1) is 5.92 Å². The third-order valence-electron chi connectivity index (χ3n) is 3.54. The number of rotatable bonds is 3. The van der Waals surface area contributed by atoms with Gasteiger partial charge in [0.1, 0.15) is 5.01 Å². The van der Waals surface area contributed by atoms with E-state index in [1.807, 2.05) is 29.6 Å². The monoisotopic (exact) mass is 287 g/mol. The van der Waals surface area contributed by atoms with E-state index >= 15 is 0 Å². The molecule has 1 fully saturated rings. The summed E-state index contributed by atoms with van der Waals surface area (Å²) >= 11 is 1.61. The first kappa shape index (κ1) is 13.3. The number of hydrogen-bond donors (Lipinski definition) is 2. The van der Waals surface area contributed by atoms with Crippen molar-refractivity contribution in [2.45, 2.75) is 12.8 Å². The van der Waals surface area contributed by atoms with E-state index in [-0.39, 0.29) is 11.8 Å². The van der Waals surface area contributed by atoms with Crippen molar-refractivity contribution in [1.29, 1.82) is 0 Å². The third-order valence-corrected chi connectivity index (χ3v) is 4.36. The molecular weight excluding hydrogens is 270 g/mol. The molecule has 1 amide bonds. The Morgan fingerprint density at radius 1 is 1.25 bits per heavy atom. The van der Waals surface area contributed by atoms with Gasteiger partial charge in [0.25, 0.3) is 0 Å². The van der Waals surface area contributed by atoms with Crippen LogP contribution >= 0.6 is 11.3 Å². The molecule has 0 saturated carbocycles. The van der Waals surface area contributed by atoms with Crippen LogP contribution in [0.2, 0.25) is 0 Å². The first-order chi connectivity index (χ1) is 9.83. The molecule has 20 heavy (non-hydrogen) atoms. The van der Waals surface area contributed by atoms with Crippen molar-refractivity contribution in [2.75, 3.05) is 18.4 Å². The van der Waals surface area contributed by atoms with Crippen LogP contribution in [0.5, 0.6) is 0 Å². The third kappa shape index (κ3) is 3.05. The molecule has 0 bridgehead atoms. The van der Waals surface area contributed by atoms with Crippen molar-refractivity contribution in [3.8, 4) is 10.6 Å². The Balaban J connectivity index is 1.64. The number of nitrogens with one attached hydrogen (secondary N) is 2. The normalized spacial score (nSPS) is 16.0. The Bertz CT molecular complexity index is 559. The molecule has 1 saturated heterocycles. The molecule has 1 aromatic heterocycles. The van der Waals surface area contributed by atoms with Gasteiger partial charge in [-0.1, -0.05) is 0 Å². The van der Waals surface area contributed by atoms with Gasteiger partial charge in [-0.15, -0.1) is 11.3 Å². The van der Waals surface area contributed by atoms with Crippen LogP contribution in [0.4, 0.5) is 5.69 Å². The molecule has 0 atom stereocenters. The highest BCUT2D eigenvalue weighted by Crippen LogP contribution is 2.23. The molecule has 104 valence electrons. The largest absolute Gasteiger partial charge is 0.326 e. The van der Waals surface area contributed by atoms with E-state index in [0.29, 0.717) is 0 Å². The number of benzene rings is 1. The molecule has 2 aromatic rings. The number of nitrogens with zero attached hydrogens (tertiary/aromatic N) is 1. The number of carbonyl (C=O) groups is 1. The van der Waals surface area contributed by atoms with E-state index in [4.69, 9.17) is 0 Å². The van der Waals surface area contributed by atoms with Gasteiger partial charge in [0.05, 0.1) is 0 Å². The number of hydrogen-bond acceptors (Lipinski definition) is 4. The van der Waals surface area contributed by atoms with E-state index in [9.17, 15) is 4.79 Å². The number of thiazole rings is 1. The van der Waals surface area contributed by atoms with Gasteiger partial charge in [-0.3, -0.25) is 4.79 Å². The summed E-state index contributed by atoms with van der Waals surface area (Å²) < 4.78 is 0. The minimum absolute atomic E-state index is 0.133. The Labute approximate surface area is 122 Å². The average molecular weight is 287 g/mol. The second-order valence-electron chi connectivity index (χ2n) is 4.93. The zero-order valence-corrected chi connectivity index (χ0v) is 12.0. The van der Waals surface area contributed by atoms with Gasteiger partial charge < -0.3 is 10.6 Å². The lowest BCUT2D eigenvalue weighted by molar-refractivity contribution is -0.120. The van der Waals surface area contributed by atoms with Gasteiger partial charge >= 0.3 is 0 Å². The Kier molecular flexibility index (Phi) is 4.08. The number of piperidine rings is 1. The first-order valence-corrected chi connectivity index (χ1v) is 7.72. The highest BCUT2D eigenvalue weighted by atomic mass is 32.1. The molecule has 0 radical (unpaired) electrons. The minimum Gasteiger partial charge on any atom is -0.326 e. The van der Waals surface area contributed by atoms with E-state index in [1.165, 1.54) is 0 Å². The zero-order chi connectivity index (χ0) is 13.8. The number of carbonyl (C=O) groups excluding carboxylic acids is 1. The van der Waals surface area contributed by atoms with Gasteiger partial charge in [0.2, 0.25) is 5.91 Å². The lowest BCUT2D eigenvalue weighted by Gasteiger charge is -2.21. The van der Waals surface area contributed by atoms with E-state index in [0.717, 1.165) is 42.2 Å². The second-order valence-corrected chi connectivity index (χ2v) is 5.82. The predicted molar refractivity (Wildman–Crippen MR) is 81.8 cm³/mol. The summed E-state index contributed by atoms with van der Waals surface area (Å²) in [4.78, 5) is 16.4. The number of aromatic nitrogens is 1. The van der Waals surface area contributed by atoms with Crippen LogP contribution in [0.15, 0.2) is 35.8 Å². The van der Waals surface area contributed by atoms with Crippen LogP contribution < -0.4 is 10.6 Å². The fraction of sp³-hybridized carbons (Fsp3) is 0.333. The average Bonchev–Trinajstić information content (AvgIpc) is 3.03. The van der Waals surface area contributed by atoms with E-state index < -0.39 is 0 Å². The molecule has 3 rings (SSSR count). The standard InChI is InChI=1S/C15H17N3OS/c19-14(11-5-7-16-8-6-11)18-13-3-1-12(2-4-13)15-17-9-10-20-15/h1-4,9-11,16H,5-8H2,(H,18,19). The Morgan fingerprint density at radius 3 is 2.65 bits per heavy atom. The van der Waals surface area contributed by atoms with Gasteiger partial charge in [-0.05, 0) is 50.2 Å². The molecule has 1 aliphatic heterocycles. The maximum atomic E-state index is 12.1. The highest BCUT2D eigenvalue weighted by Gasteiger charge is 2.20. The summed E-state index contributed by atoms with van der Waals surface area (Å²) in [5.41, 5.74) is 1.94. The summed E-state index contributed by atoms with van der Waals surface area (Å²) in [6.45, 7) is 1.86. The Hall–Kier alpha value is -1.72. The maximum Gasteiger partial charge on any atom is 0.227 e. The quantitative estimate of drug-likeness (QED) is 0.912. The van der Waals surface area contributed by atoms with Crippen molar-refractivity contribution >= 4 is 22.9 Å². The summed E-state index contributed by atoms with van der Waals surface area (Å²) in [6, 6.07) is 7.87. The number of anilines is 1. The summed E-state index contributed by atoms with van der Waals surface area (Å²) in [5, 5.41) is 9.23. The minimum atomic E-state index is 0.133. The van der Waals surface area contributed by atoms with Gasteiger partial charge in [0, 0.05) is 28.7 Å². The molecule has 0 aliphatic carbocycles. The molecule has 0 spiro atoms. The van der Waals surface area contributed by atoms with Crippen molar-refractivity contribution in [1.82, 2.24) is 10.3 Å². The van der Waals surface area contributed by atoms with Crippen LogP contribution in [0.1, 0.15) is 12.8 Å². The van der Waals surface area contributed by atoms with Crippen molar-refractivity contribution in [2.24, 2.45) is 5.92 Å². The van der Waals surface area contributed by atoms with Gasteiger partial charge in [0.15, 0.2) is 0 Å². The fourth-order valence-electron chi connectivity index (χ4n) is 2.39. The van der Waals surface area contributed by atoms with Gasteiger partial charge in [-0.25, -0.2) is 4.98 Å². The summed E-state index contributed by atoms with van der Waals surface area (Å²) in [6.07, 6.45) is 3.64. The summed E-state index contributed by atoms with van der Waals surface area (Å²) in [5.74, 6) is 0.267. The van der Waals surface area contributed by atoms with Crippen molar-refractivity contribution in [3.05, 3.63) is 35.8 Å². The molecule has 0 unspecified atom stereocenters. The lowest BCUT2D eigenvalue weighted by Crippen LogP contribution is -2.34. The topological polar surface area (TPSA) is 54.0 Å². The fourth-order valence-corrected chi connectivity index (χ4v) is 3.04. The molecule has 2 N–H and O–H groups in total. The number of amides is 1. The van der Waals surface area contributed by atoms with E-state index in [1.54, 1.807) is 17.5 Å². The smallest absolute Gasteiger partial charge is 0.227 e. The molecule has 1 aliphatic rings. The Morgan fingerprint density at radius 2 is 2.00 bits per heavy atom. The predicted octanol–water partition coefficient (Wildman–Crippen LogP) is 2.75. The molecule has 4 nitrogen and oxygen atoms in total. The highest BCUT2D eigenvalue weighted by molar-refractivity contribution is 7.13. The molecule has 1 aromatic carbocycles. The second kappa shape index (κ2) is 6.15. The van der Waals surface area contributed by atoms with Crippen molar-refractivity contribution in [3.63, 3.8) is 0 Å². The molecule has 2 heterocycles. The lowest BCUT2D eigenvalue weighted by atomic mass is 9.97. The maximum absolute atomic E-state index is 12.1. The van der Waals surface area contributed by atoms with Crippen LogP contribution in [-0.2, 0) is 4.79 Å².